The van der Waals surface area contributed by atoms with Crippen LogP contribution in [0.1, 0.15) is 20.3 Å². The van der Waals surface area contributed by atoms with Gasteiger partial charge in [-0.3, -0.25) is 9.69 Å². The maximum absolute atomic E-state index is 12.2. The summed E-state index contributed by atoms with van der Waals surface area (Å²) in [5.74, 6) is 0.372. The first-order valence-corrected chi connectivity index (χ1v) is 6.86. The Balaban J connectivity index is 1.84. The second-order valence-corrected chi connectivity index (χ2v) is 5.89. The third-order valence-electron chi connectivity index (χ3n) is 4.23. The van der Waals surface area contributed by atoms with Crippen molar-refractivity contribution in [2.24, 2.45) is 11.7 Å². The lowest BCUT2D eigenvalue weighted by Gasteiger charge is -2.44. The monoisotopic (exact) mass is 255 g/mol. The molecule has 0 radical (unpaired) electrons. The standard InChI is InChI=1S/C13H25N3O2/c1-13(2,10-14)16-6-4-15(5-7-16)12(17)11-3-8-18-9-11/h11H,3-10,14H2,1-2H3. The van der Waals surface area contributed by atoms with E-state index in [9.17, 15) is 4.79 Å². The van der Waals surface area contributed by atoms with E-state index in [0.29, 0.717) is 13.2 Å². The van der Waals surface area contributed by atoms with E-state index in [2.05, 4.69) is 18.7 Å². The molecule has 0 aromatic carbocycles. The zero-order chi connectivity index (χ0) is 13.2. The summed E-state index contributed by atoms with van der Waals surface area (Å²) in [4.78, 5) is 16.6. The minimum Gasteiger partial charge on any atom is -0.381 e. The van der Waals surface area contributed by atoms with Crippen LogP contribution in [0.3, 0.4) is 0 Å². The number of hydrogen-bond acceptors (Lipinski definition) is 4. The molecule has 0 saturated carbocycles. The van der Waals surface area contributed by atoms with Crippen molar-refractivity contribution in [2.45, 2.75) is 25.8 Å². The maximum atomic E-state index is 12.2. The molecule has 104 valence electrons. The molecule has 2 N–H and O–H groups in total. The molecular weight excluding hydrogens is 230 g/mol. The molecule has 2 aliphatic rings. The van der Waals surface area contributed by atoms with Crippen LogP contribution in [-0.2, 0) is 9.53 Å². The Morgan fingerprint density at radius 2 is 2.00 bits per heavy atom. The van der Waals surface area contributed by atoms with E-state index in [1.54, 1.807) is 0 Å². The highest BCUT2D eigenvalue weighted by Crippen LogP contribution is 2.19. The Morgan fingerprint density at radius 1 is 1.33 bits per heavy atom. The van der Waals surface area contributed by atoms with Crippen LogP contribution in [0.25, 0.3) is 0 Å². The van der Waals surface area contributed by atoms with Gasteiger partial charge in [0.1, 0.15) is 0 Å². The highest BCUT2D eigenvalue weighted by molar-refractivity contribution is 5.79. The lowest BCUT2D eigenvalue weighted by atomic mass is 10.0. The zero-order valence-electron chi connectivity index (χ0n) is 11.5. The Hall–Kier alpha value is -0.650. The average Bonchev–Trinajstić information content (AvgIpc) is 2.92. The molecule has 0 aromatic rings. The van der Waals surface area contributed by atoms with Crippen LogP contribution in [0.2, 0.25) is 0 Å². The van der Waals surface area contributed by atoms with Crippen molar-refractivity contribution in [3.63, 3.8) is 0 Å². The Bertz CT molecular complexity index is 293. The van der Waals surface area contributed by atoms with Crippen molar-refractivity contribution < 1.29 is 9.53 Å². The number of carbonyl (C=O) groups excluding carboxylic acids is 1. The number of nitrogens with zero attached hydrogens (tertiary/aromatic N) is 2. The number of rotatable bonds is 3. The molecule has 18 heavy (non-hydrogen) atoms. The van der Waals surface area contributed by atoms with Gasteiger partial charge >= 0.3 is 0 Å². The summed E-state index contributed by atoms with van der Waals surface area (Å²) in [7, 11) is 0. The number of amides is 1. The Labute approximate surface area is 109 Å². The highest BCUT2D eigenvalue weighted by Gasteiger charge is 2.33. The van der Waals surface area contributed by atoms with Crippen molar-refractivity contribution in [2.75, 3.05) is 45.9 Å². The van der Waals surface area contributed by atoms with Gasteiger partial charge < -0.3 is 15.4 Å². The fourth-order valence-corrected chi connectivity index (χ4v) is 2.65. The van der Waals surface area contributed by atoms with Gasteiger partial charge in [0.05, 0.1) is 12.5 Å². The number of ether oxygens (including phenoxy) is 1. The minimum atomic E-state index is 0.0333. The molecule has 2 saturated heterocycles. The third kappa shape index (κ3) is 2.84. The van der Waals surface area contributed by atoms with Gasteiger partial charge in [-0.2, -0.15) is 0 Å². The molecule has 1 unspecified atom stereocenters. The molecule has 5 heteroatoms. The molecule has 0 aliphatic carbocycles. The summed E-state index contributed by atoms with van der Waals surface area (Å²) >= 11 is 0. The second kappa shape index (κ2) is 5.55. The molecule has 0 spiro atoms. The normalized spacial score (nSPS) is 26.6. The number of piperazine rings is 1. The average molecular weight is 255 g/mol. The van der Waals surface area contributed by atoms with Gasteiger partial charge in [-0.25, -0.2) is 0 Å². The molecule has 2 heterocycles. The molecule has 0 bridgehead atoms. The topological polar surface area (TPSA) is 58.8 Å². The van der Waals surface area contributed by atoms with Crippen molar-refractivity contribution in [3.8, 4) is 0 Å². The van der Waals surface area contributed by atoms with Gasteiger partial charge in [-0.05, 0) is 20.3 Å². The molecule has 1 amide bonds. The maximum Gasteiger partial charge on any atom is 0.228 e. The third-order valence-corrected chi connectivity index (χ3v) is 4.23. The number of carbonyl (C=O) groups is 1. The summed E-state index contributed by atoms with van der Waals surface area (Å²) < 4.78 is 5.29. The molecule has 2 rings (SSSR count). The van der Waals surface area contributed by atoms with E-state index >= 15 is 0 Å². The lowest BCUT2D eigenvalue weighted by Crippen LogP contribution is -2.58. The Kier molecular flexibility index (Phi) is 4.25. The second-order valence-electron chi connectivity index (χ2n) is 5.89. The van der Waals surface area contributed by atoms with E-state index in [0.717, 1.165) is 39.2 Å². The quantitative estimate of drug-likeness (QED) is 0.765. The summed E-state index contributed by atoms with van der Waals surface area (Å²) in [5, 5.41) is 0. The van der Waals surface area contributed by atoms with E-state index in [4.69, 9.17) is 10.5 Å². The first-order valence-electron chi connectivity index (χ1n) is 6.86. The molecule has 2 aliphatic heterocycles. The van der Waals surface area contributed by atoms with Gasteiger partial charge in [0.25, 0.3) is 0 Å². The largest absolute Gasteiger partial charge is 0.381 e. The van der Waals surface area contributed by atoms with E-state index < -0.39 is 0 Å². The van der Waals surface area contributed by atoms with Gasteiger partial charge in [-0.1, -0.05) is 0 Å². The van der Waals surface area contributed by atoms with Gasteiger partial charge in [0.2, 0.25) is 5.91 Å². The van der Waals surface area contributed by atoms with E-state index in [1.165, 1.54) is 0 Å². The smallest absolute Gasteiger partial charge is 0.228 e. The van der Waals surface area contributed by atoms with Gasteiger partial charge in [0, 0.05) is 44.9 Å². The van der Waals surface area contributed by atoms with Crippen LogP contribution in [0, 0.1) is 5.92 Å². The number of hydrogen-bond donors (Lipinski definition) is 1. The first-order chi connectivity index (χ1) is 8.54. The molecule has 0 aromatic heterocycles. The van der Waals surface area contributed by atoms with Crippen LogP contribution in [0.15, 0.2) is 0 Å². The van der Waals surface area contributed by atoms with Crippen molar-refractivity contribution in [1.29, 1.82) is 0 Å². The van der Waals surface area contributed by atoms with E-state index in [-0.39, 0.29) is 17.4 Å². The predicted octanol–water partition coefficient (Wildman–Crippen LogP) is -0.0956. The highest BCUT2D eigenvalue weighted by atomic mass is 16.5. The fourth-order valence-electron chi connectivity index (χ4n) is 2.65. The summed E-state index contributed by atoms with van der Waals surface area (Å²) in [6, 6.07) is 0. The predicted molar refractivity (Wildman–Crippen MR) is 70.2 cm³/mol. The van der Waals surface area contributed by atoms with Crippen LogP contribution in [-0.4, -0.2) is 67.2 Å². The van der Waals surface area contributed by atoms with Crippen molar-refractivity contribution >= 4 is 5.91 Å². The van der Waals surface area contributed by atoms with Gasteiger partial charge in [0.15, 0.2) is 0 Å². The van der Waals surface area contributed by atoms with Crippen molar-refractivity contribution in [3.05, 3.63) is 0 Å². The van der Waals surface area contributed by atoms with Crippen LogP contribution in [0.4, 0.5) is 0 Å². The summed E-state index contributed by atoms with van der Waals surface area (Å²) in [6.07, 6.45) is 0.882. The molecule has 2 fully saturated rings. The van der Waals surface area contributed by atoms with E-state index in [1.807, 2.05) is 4.90 Å². The molecule has 1 atom stereocenters. The van der Waals surface area contributed by atoms with Crippen LogP contribution in [0.5, 0.6) is 0 Å². The van der Waals surface area contributed by atoms with Crippen LogP contribution >= 0.6 is 0 Å². The zero-order valence-corrected chi connectivity index (χ0v) is 11.5. The van der Waals surface area contributed by atoms with Gasteiger partial charge in [-0.15, -0.1) is 0 Å². The molecular formula is C13H25N3O2. The minimum absolute atomic E-state index is 0.0333. The van der Waals surface area contributed by atoms with Crippen LogP contribution < -0.4 is 5.73 Å². The SMILES string of the molecule is CC(C)(CN)N1CCN(C(=O)C2CCOC2)CC1. The fraction of sp³-hybridized carbons (Fsp3) is 0.923. The first kappa shape index (κ1) is 13.8. The summed E-state index contributed by atoms with van der Waals surface area (Å²) in [6.45, 7) is 9.79. The van der Waals surface area contributed by atoms with Crippen molar-refractivity contribution in [1.82, 2.24) is 9.80 Å². The summed E-state index contributed by atoms with van der Waals surface area (Å²) in [5.41, 5.74) is 5.83. The number of nitrogens with two attached hydrogens (primary N) is 1. The Morgan fingerprint density at radius 3 is 2.50 bits per heavy atom. The molecule has 5 nitrogen and oxygen atoms in total. The lowest BCUT2D eigenvalue weighted by molar-refractivity contribution is -0.138.